The Hall–Kier alpha value is -1.23. The third kappa shape index (κ3) is 3.88. The van der Waals surface area contributed by atoms with Crippen molar-refractivity contribution in [1.29, 1.82) is 0 Å². The van der Waals surface area contributed by atoms with Crippen LogP contribution in [0.1, 0.15) is 11.1 Å². The molecule has 0 aliphatic carbocycles. The van der Waals surface area contributed by atoms with Gasteiger partial charge in [0, 0.05) is 15.6 Å². The minimum Gasteiger partial charge on any atom is -0.488 e. The number of nitrogens with zero attached hydrogens (tertiary/aromatic N) is 1. The van der Waals surface area contributed by atoms with Gasteiger partial charge in [0.05, 0.1) is 10.7 Å². The van der Waals surface area contributed by atoms with Crippen LogP contribution in [-0.4, -0.2) is 11.4 Å². The molecule has 0 radical (unpaired) electrons. The van der Waals surface area contributed by atoms with Crippen LogP contribution in [0.4, 0.5) is 0 Å². The van der Waals surface area contributed by atoms with E-state index in [9.17, 15) is 0 Å². The molecular weight excluding hydrogens is 365 g/mol. The second-order valence-corrected chi connectivity index (χ2v) is 5.66. The Morgan fingerprint density at radius 3 is 2.65 bits per heavy atom. The molecule has 0 amide bonds. The van der Waals surface area contributed by atoms with Crippen molar-refractivity contribution < 1.29 is 9.94 Å². The molecule has 0 spiro atoms. The molecule has 20 heavy (non-hydrogen) atoms. The quantitative estimate of drug-likeness (QED) is 0.457. The Labute approximate surface area is 134 Å². The first kappa shape index (κ1) is 15.2. The summed E-state index contributed by atoms with van der Waals surface area (Å²) in [6, 6.07) is 10.6. The lowest BCUT2D eigenvalue weighted by Crippen LogP contribution is -1.97. The molecular formula is C14H10BrCl2NO2. The van der Waals surface area contributed by atoms with E-state index in [0.29, 0.717) is 22.4 Å². The molecule has 0 atom stereocenters. The summed E-state index contributed by atoms with van der Waals surface area (Å²) in [5.74, 6) is 0.672. The molecule has 1 N–H and O–H groups in total. The summed E-state index contributed by atoms with van der Waals surface area (Å²) in [5.41, 5.74) is 1.61. The first-order valence-corrected chi connectivity index (χ1v) is 7.19. The van der Waals surface area contributed by atoms with Gasteiger partial charge in [-0.3, -0.25) is 0 Å². The van der Waals surface area contributed by atoms with Crippen LogP contribution in [0.15, 0.2) is 46.0 Å². The third-order valence-electron chi connectivity index (χ3n) is 2.56. The number of ether oxygens (including phenoxy) is 1. The van der Waals surface area contributed by atoms with Gasteiger partial charge in [0.1, 0.15) is 12.4 Å². The van der Waals surface area contributed by atoms with E-state index < -0.39 is 0 Å². The van der Waals surface area contributed by atoms with Crippen molar-refractivity contribution in [2.45, 2.75) is 6.61 Å². The zero-order chi connectivity index (χ0) is 14.5. The molecule has 3 nitrogen and oxygen atoms in total. The smallest absolute Gasteiger partial charge is 0.134 e. The second-order valence-electron chi connectivity index (χ2n) is 3.96. The number of oxime groups is 1. The monoisotopic (exact) mass is 373 g/mol. The molecule has 6 heteroatoms. The molecule has 0 aliphatic heterocycles. The predicted octanol–water partition coefficient (Wildman–Crippen LogP) is 5.14. The van der Waals surface area contributed by atoms with Crippen molar-refractivity contribution in [2.24, 2.45) is 5.16 Å². The lowest BCUT2D eigenvalue weighted by Gasteiger charge is -2.10. The minimum absolute atomic E-state index is 0.335. The van der Waals surface area contributed by atoms with Crippen molar-refractivity contribution >= 4 is 45.3 Å². The molecule has 0 bridgehead atoms. The number of halogens is 3. The van der Waals surface area contributed by atoms with Crippen LogP contribution < -0.4 is 4.74 Å². The van der Waals surface area contributed by atoms with E-state index in [1.54, 1.807) is 30.3 Å². The Kier molecular flexibility index (Phi) is 5.29. The minimum atomic E-state index is 0.335. The van der Waals surface area contributed by atoms with Gasteiger partial charge in [-0.2, -0.15) is 0 Å². The molecule has 104 valence electrons. The molecule has 0 saturated carbocycles. The maximum Gasteiger partial charge on any atom is 0.134 e. The van der Waals surface area contributed by atoms with E-state index in [4.69, 9.17) is 33.1 Å². The third-order valence-corrected chi connectivity index (χ3v) is 3.77. The molecule has 2 aromatic rings. The average Bonchev–Trinajstić information content (AvgIpc) is 2.40. The topological polar surface area (TPSA) is 41.8 Å². The number of hydrogen-bond donors (Lipinski definition) is 1. The average molecular weight is 375 g/mol. The van der Waals surface area contributed by atoms with E-state index in [-0.39, 0.29) is 0 Å². The van der Waals surface area contributed by atoms with Crippen LogP contribution in [0, 0.1) is 0 Å². The zero-order valence-electron chi connectivity index (χ0n) is 10.2. The summed E-state index contributed by atoms with van der Waals surface area (Å²) in [4.78, 5) is 0. The molecule has 0 aliphatic rings. The summed E-state index contributed by atoms with van der Waals surface area (Å²) in [6.45, 7) is 0.335. The second kappa shape index (κ2) is 6.97. The predicted molar refractivity (Wildman–Crippen MR) is 84.3 cm³/mol. The number of hydrogen-bond acceptors (Lipinski definition) is 3. The summed E-state index contributed by atoms with van der Waals surface area (Å²) < 4.78 is 6.46. The van der Waals surface area contributed by atoms with Crippen molar-refractivity contribution in [3.05, 3.63) is 62.0 Å². The van der Waals surface area contributed by atoms with Gasteiger partial charge >= 0.3 is 0 Å². The molecule has 2 aromatic carbocycles. The first-order valence-electron chi connectivity index (χ1n) is 5.64. The van der Waals surface area contributed by atoms with Gasteiger partial charge in [0.25, 0.3) is 0 Å². The Balaban J connectivity index is 2.11. The summed E-state index contributed by atoms with van der Waals surface area (Å²) in [5, 5.41) is 12.6. The molecule has 0 heterocycles. The van der Waals surface area contributed by atoms with E-state index in [2.05, 4.69) is 21.1 Å². The van der Waals surface area contributed by atoms with Gasteiger partial charge < -0.3 is 9.94 Å². The van der Waals surface area contributed by atoms with Gasteiger partial charge in [-0.1, -0.05) is 34.4 Å². The fraction of sp³-hybridized carbons (Fsp3) is 0.0714. The van der Waals surface area contributed by atoms with Crippen molar-refractivity contribution in [1.82, 2.24) is 0 Å². The summed E-state index contributed by atoms with van der Waals surface area (Å²) in [7, 11) is 0. The van der Waals surface area contributed by atoms with Crippen LogP contribution in [0.2, 0.25) is 10.0 Å². The molecule has 0 aromatic heterocycles. The van der Waals surface area contributed by atoms with Gasteiger partial charge in [-0.15, -0.1) is 0 Å². The fourth-order valence-corrected chi connectivity index (χ4v) is 2.55. The fourth-order valence-electron chi connectivity index (χ4n) is 1.58. The summed E-state index contributed by atoms with van der Waals surface area (Å²) in [6.07, 6.45) is 1.34. The highest BCUT2D eigenvalue weighted by atomic mass is 79.9. The van der Waals surface area contributed by atoms with Crippen LogP contribution in [0.3, 0.4) is 0 Å². The van der Waals surface area contributed by atoms with E-state index in [1.165, 1.54) is 6.21 Å². The van der Waals surface area contributed by atoms with Gasteiger partial charge in [0.15, 0.2) is 0 Å². The zero-order valence-corrected chi connectivity index (χ0v) is 13.3. The maximum atomic E-state index is 8.48. The highest BCUT2D eigenvalue weighted by Gasteiger charge is 2.05. The van der Waals surface area contributed by atoms with E-state index in [1.807, 2.05) is 6.07 Å². The van der Waals surface area contributed by atoms with Crippen LogP contribution >= 0.6 is 39.1 Å². The van der Waals surface area contributed by atoms with Crippen LogP contribution in [0.25, 0.3) is 0 Å². The largest absolute Gasteiger partial charge is 0.488 e. The van der Waals surface area contributed by atoms with Crippen molar-refractivity contribution in [3.8, 4) is 5.75 Å². The van der Waals surface area contributed by atoms with Gasteiger partial charge in [-0.25, -0.2) is 0 Å². The van der Waals surface area contributed by atoms with Crippen LogP contribution in [0.5, 0.6) is 5.75 Å². The van der Waals surface area contributed by atoms with E-state index in [0.717, 1.165) is 15.6 Å². The normalized spacial score (nSPS) is 10.9. The van der Waals surface area contributed by atoms with Crippen LogP contribution in [-0.2, 0) is 6.61 Å². The highest BCUT2D eigenvalue weighted by molar-refractivity contribution is 9.10. The maximum absolute atomic E-state index is 8.48. The Bertz CT molecular complexity index is 647. The molecule has 0 unspecified atom stereocenters. The highest BCUT2D eigenvalue weighted by Crippen LogP contribution is 2.28. The van der Waals surface area contributed by atoms with Crippen molar-refractivity contribution in [3.63, 3.8) is 0 Å². The SMILES string of the molecule is ON=Cc1ccc(OCc2ccc(Cl)cc2Cl)c(Br)c1. The number of rotatable bonds is 4. The van der Waals surface area contributed by atoms with Gasteiger partial charge in [0.2, 0.25) is 0 Å². The standard InChI is InChI=1S/C14H10BrCl2NO2/c15-12-5-9(7-18-19)1-4-14(12)20-8-10-2-3-11(16)6-13(10)17/h1-7,19H,8H2. The molecule has 0 fully saturated rings. The Morgan fingerprint density at radius 1 is 1.20 bits per heavy atom. The Morgan fingerprint density at radius 2 is 2.00 bits per heavy atom. The lowest BCUT2D eigenvalue weighted by molar-refractivity contribution is 0.304. The molecule has 0 saturated heterocycles. The van der Waals surface area contributed by atoms with Gasteiger partial charge in [-0.05, 0) is 51.8 Å². The van der Waals surface area contributed by atoms with E-state index >= 15 is 0 Å². The molecule has 2 rings (SSSR count). The lowest BCUT2D eigenvalue weighted by atomic mass is 10.2. The summed E-state index contributed by atoms with van der Waals surface area (Å²) >= 11 is 15.3. The first-order chi connectivity index (χ1) is 9.60. The van der Waals surface area contributed by atoms with Crippen molar-refractivity contribution in [2.75, 3.05) is 0 Å². The number of benzene rings is 2.